The third-order valence-corrected chi connectivity index (χ3v) is 3.32. The molecule has 16 heavy (non-hydrogen) atoms. The van der Waals surface area contributed by atoms with Crippen LogP contribution in [0.3, 0.4) is 0 Å². The topological polar surface area (TPSA) is 49.7 Å². The summed E-state index contributed by atoms with van der Waals surface area (Å²) in [7, 11) is 1.61. The summed E-state index contributed by atoms with van der Waals surface area (Å²) in [5, 5.41) is 19.0. The molecule has 0 fully saturated rings. The molecule has 0 saturated carbocycles. The minimum Gasteiger partial charge on any atom is -0.395 e. The molecule has 1 aromatic rings. The van der Waals surface area contributed by atoms with Crippen LogP contribution in [0.5, 0.6) is 0 Å². The normalized spacial score (nSPS) is 11.8. The average molecular weight is 289 g/mol. The van der Waals surface area contributed by atoms with Crippen molar-refractivity contribution >= 4 is 15.9 Å². The largest absolute Gasteiger partial charge is 0.395 e. The van der Waals surface area contributed by atoms with Gasteiger partial charge in [0.25, 0.3) is 0 Å². The Labute approximate surface area is 104 Å². The molecule has 1 rings (SSSR count). The summed E-state index contributed by atoms with van der Waals surface area (Å²) in [6, 6.07) is 7.64. The van der Waals surface area contributed by atoms with E-state index < -0.39 is 5.41 Å². The van der Waals surface area contributed by atoms with Crippen LogP contribution in [-0.2, 0) is 10.2 Å². The molecule has 4 heteroatoms. The summed E-state index contributed by atoms with van der Waals surface area (Å²) in [6.45, 7) is 0.320. The predicted octanol–water partition coefficient (Wildman–Crippen LogP) is 1.71. The maximum atomic E-state index is 9.52. The van der Waals surface area contributed by atoms with Gasteiger partial charge in [0.15, 0.2) is 0 Å². The molecule has 0 aliphatic carbocycles. The van der Waals surface area contributed by atoms with Gasteiger partial charge in [-0.25, -0.2) is 0 Å². The minimum atomic E-state index is -0.625. The van der Waals surface area contributed by atoms with E-state index in [4.69, 9.17) is 4.74 Å². The highest BCUT2D eigenvalue weighted by Gasteiger charge is 2.30. The van der Waals surface area contributed by atoms with Crippen molar-refractivity contribution in [1.82, 2.24) is 0 Å². The third-order valence-electron chi connectivity index (χ3n) is 2.83. The van der Waals surface area contributed by atoms with Crippen molar-refractivity contribution in [3.05, 3.63) is 34.3 Å². The maximum absolute atomic E-state index is 9.52. The molecule has 1 aromatic carbocycles. The number of benzene rings is 1. The second-order valence-electron chi connectivity index (χ2n) is 3.85. The first-order valence-electron chi connectivity index (χ1n) is 5.15. The molecule has 0 heterocycles. The smallest absolute Gasteiger partial charge is 0.0550 e. The van der Waals surface area contributed by atoms with Crippen molar-refractivity contribution in [2.24, 2.45) is 0 Å². The SMILES string of the molecule is COCCC(CO)(CO)c1cccc(Br)c1. The highest BCUT2D eigenvalue weighted by Crippen LogP contribution is 2.29. The highest BCUT2D eigenvalue weighted by molar-refractivity contribution is 9.10. The summed E-state index contributed by atoms with van der Waals surface area (Å²) in [4.78, 5) is 0. The second kappa shape index (κ2) is 6.35. The minimum absolute atomic E-state index is 0.0939. The summed E-state index contributed by atoms with van der Waals surface area (Å²) in [6.07, 6.45) is 0.590. The lowest BCUT2D eigenvalue weighted by atomic mass is 9.79. The van der Waals surface area contributed by atoms with Gasteiger partial charge in [-0.15, -0.1) is 0 Å². The van der Waals surface area contributed by atoms with Gasteiger partial charge in [-0.05, 0) is 24.1 Å². The number of hydrogen-bond donors (Lipinski definition) is 2. The molecule has 90 valence electrons. The number of aliphatic hydroxyl groups excluding tert-OH is 2. The fourth-order valence-electron chi connectivity index (χ4n) is 1.65. The number of methoxy groups -OCH3 is 1. The number of ether oxygens (including phenoxy) is 1. The zero-order valence-electron chi connectivity index (χ0n) is 9.32. The van der Waals surface area contributed by atoms with E-state index in [0.717, 1.165) is 10.0 Å². The van der Waals surface area contributed by atoms with Gasteiger partial charge in [0, 0.05) is 23.6 Å². The van der Waals surface area contributed by atoms with Crippen LogP contribution < -0.4 is 0 Å². The van der Waals surface area contributed by atoms with Gasteiger partial charge in [-0.2, -0.15) is 0 Å². The Morgan fingerprint density at radius 3 is 2.50 bits per heavy atom. The fraction of sp³-hybridized carbons (Fsp3) is 0.500. The Morgan fingerprint density at radius 1 is 1.31 bits per heavy atom. The molecule has 3 nitrogen and oxygen atoms in total. The molecular formula is C12H17BrO3. The Hall–Kier alpha value is -0.420. The van der Waals surface area contributed by atoms with Crippen LogP contribution in [0.15, 0.2) is 28.7 Å². The molecule has 0 spiro atoms. The highest BCUT2D eigenvalue weighted by atomic mass is 79.9. The van der Waals surface area contributed by atoms with Crippen LogP contribution in [0.1, 0.15) is 12.0 Å². The predicted molar refractivity (Wildman–Crippen MR) is 66.5 cm³/mol. The molecule has 0 aromatic heterocycles. The standard InChI is InChI=1S/C12H17BrO3/c1-16-6-5-12(8-14,9-15)10-3-2-4-11(13)7-10/h2-4,7,14-15H,5-6,8-9H2,1H3. The van der Waals surface area contributed by atoms with E-state index in [2.05, 4.69) is 15.9 Å². The lowest BCUT2D eigenvalue weighted by Gasteiger charge is -2.30. The van der Waals surface area contributed by atoms with Crippen LogP contribution in [0, 0.1) is 0 Å². The van der Waals surface area contributed by atoms with Crippen molar-refractivity contribution in [1.29, 1.82) is 0 Å². The van der Waals surface area contributed by atoms with E-state index in [-0.39, 0.29) is 13.2 Å². The van der Waals surface area contributed by atoms with Crippen LogP contribution in [0.25, 0.3) is 0 Å². The molecular weight excluding hydrogens is 272 g/mol. The van der Waals surface area contributed by atoms with E-state index in [1.165, 1.54) is 0 Å². The van der Waals surface area contributed by atoms with Crippen molar-refractivity contribution in [3.63, 3.8) is 0 Å². The van der Waals surface area contributed by atoms with Gasteiger partial charge >= 0.3 is 0 Å². The van der Waals surface area contributed by atoms with Gasteiger partial charge < -0.3 is 14.9 Å². The Morgan fingerprint density at radius 2 is 2.00 bits per heavy atom. The quantitative estimate of drug-likeness (QED) is 0.838. The summed E-state index contributed by atoms with van der Waals surface area (Å²) in [5.41, 5.74) is 0.295. The van der Waals surface area contributed by atoms with Gasteiger partial charge in [0.2, 0.25) is 0 Å². The van der Waals surface area contributed by atoms with E-state index in [1.54, 1.807) is 7.11 Å². The number of hydrogen-bond acceptors (Lipinski definition) is 3. The molecule has 0 radical (unpaired) electrons. The molecule has 0 aliphatic rings. The first-order valence-corrected chi connectivity index (χ1v) is 5.94. The Kier molecular flexibility index (Phi) is 5.41. The monoisotopic (exact) mass is 288 g/mol. The lowest BCUT2D eigenvalue weighted by Crippen LogP contribution is -2.36. The van der Waals surface area contributed by atoms with Crippen LogP contribution in [-0.4, -0.2) is 37.1 Å². The van der Waals surface area contributed by atoms with Gasteiger partial charge in [-0.3, -0.25) is 0 Å². The fourth-order valence-corrected chi connectivity index (χ4v) is 2.05. The molecule has 0 aliphatic heterocycles. The molecule has 0 amide bonds. The number of aliphatic hydroxyl groups is 2. The van der Waals surface area contributed by atoms with Crippen LogP contribution in [0.2, 0.25) is 0 Å². The summed E-state index contributed by atoms with van der Waals surface area (Å²) in [5.74, 6) is 0. The third kappa shape index (κ3) is 3.04. The van der Waals surface area contributed by atoms with Crippen molar-refractivity contribution in [2.45, 2.75) is 11.8 Å². The summed E-state index contributed by atoms with van der Waals surface area (Å²) < 4.78 is 5.96. The van der Waals surface area contributed by atoms with E-state index in [0.29, 0.717) is 13.0 Å². The van der Waals surface area contributed by atoms with Crippen molar-refractivity contribution in [2.75, 3.05) is 26.9 Å². The van der Waals surface area contributed by atoms with Crippen LogP contribution in [0.4, 0.5) is 0 Å². The zero-order chi connectivity index (χ0) is 12.0. The maximum Gasteiger partial charge on any atom is 0.0550 e. The molecule has 0 unspecified atom stereocenters. The lowest BCUT2D eigenvalue weighted by molar-refractivity contribution is 0.0794. The zero-order valence-corrected chi connectivity index (χ0v) is 10.9. The van der Waals surface area contributed by atoms with E-state index in [9.17, 15) is 10.2 Å². The Bertz CT molecular complexity index is 324. The van der Waals surface area contributed by atoms with Crippen molar-refractivity contribution in [3.8, 4) is 0 Å². The number of rotatable bonds is 6. The van der Waals surface area contributed by atoms with E-state index in [1.807, 2.05) is 24.3 Å². The summed E-state index contributed by atoms with van der Waals surface area (Å²) >= 11 is 3.39. The Balaban J connectivity index is 2.99. The number of halogens is 1. The van der Waals surface area contributed by atoms with E-state index >= 15 is 0 Å². The van der Waals surface area contributed by atoms with Crippen LogP contribution >= 0.6 is 15.9 Å². The molecule has 0 bridgehead atoms. The van der Waals surface area contributed by atoms with Gasteiger partial charge in [0.1, 0.15) is 0 Å². The molecule has 2 N–H and O–H groups in total. The first kappa shape index (κ1) is 13.6. The molecule has 0 atom stereocenters. The van der Waals surface area contributed by atoms with Crippen molar-refractivity contribution < 1.29 is 14.9 Å². The first-order chi connectivity index (χ1) is 7.68. The van der Waals surface area contributed by atoms with Gasteiger partial charge in [0.05, 0.1) is 13.2 Å². The average Bonchev–Trinajstić information content (AvgIpc) is 2.31. The second-order valence-corrected chi connectivity index (χ2v) is 4.77. The molecule has 0 saturated heterocycles. The van der Waals surface area contributed by atoms with Gasteiger partial charge in [-0.1, -0.05) is 28.1 Å².